The van der Waals surface area contributed by atoms with Crippen LogP contribution in [0.5, 0.6) is 5.75 Å². The van der Waals surface area contributed by atoms with Crippen molar-refractivity contribution in [2.24, 2.45) is 0 Å². The van der Waals surface area contributed by atoms with Gasteiger partial charge in [-0.3, -0.25) is 0 Å². The molecular weight excluding hydrogens is 454 g/mol. The number of benzene rings is 4. The summed E-state index contributed by atoms with van der Waals surface area (Å²) < 4.78 is 12.2. The first-order valence-corrected chi connectivity index (χ1v) is 13.4. The molecule has 37 heavy (non-hydrogen) atoms. The van der Waals surface area contributed by atoms with E-state index in [1.165, 1.54) is 22.1 Å². The van der Waals surface area contributed by atoms with E-state index in [0.717, 1.165) is 66.7 Å². The Labute approximate surface area is 219 Å². The predicted molar refractivity (Wildman–Crippen MR) is 154 cm³/mol. The molecule has 0 atom stereocenters. The average Bonchev–Trinajstić information content (AvgIpc) is 3.28. The summed E-state index contributed by atoms with van der Waals surface area (Å²) in [6.07, 6.45) is 6.11. The second-order valence-electron chi connectivity index (χ2n) is 9.67. The Morgan fingerprint density at radius 2 is 1.49 bits per heavy atom. The van der Waals surface area contributed by atoms with Crippen LogP contribution in [0.15, 0.2) is 101 Å². The zero-order valence-corrected chi connectivity index (χ0v) is 21.6. The Morgan fingerprint density at radius 1 is 0.730 bits per heavy atom. The molecule has 5 aromatic rings. The van der Waals surface area contributed by atoms with Crippen molar-refractivity contribution in [2.45, 2.75) is 45.4 Å². The molecule has 0 radical (unpaired) electrons. The van der Waals surface area contributed by atoms with Crippen LogP contribution >= 0.6 is 0 Å². The smallest absolute Gasteiger partial charge is 0.142 e. The zero-order chi connectivity index (χ0) is 25.5. The largest absolute Gasteiger partial charge is 0.491 e. The molecule has 4 aromatic carbocycles. The summed E-state index contributed by atoms with van der Waals surface area (Å²) in [6, 6.07) is 33.7. The van der Waals surface area contributed by atoms with E-state index in [4.69, 9.17) is 14.9 Å². The van der Waals surface area contributed by atoms with Gasteiger partial charge in [0.1, 0.15) is 17.1 Å². The van der Waals surface area contributed by atoms with Crippen LogP contribution in [0, 0.1) is 0 Å². The minimum absolute atomic E-state index is 0.649. The average molecular weight is 490 g/mol. The first-order valence-electron chi connectivity index (χ1n) is 13.4. The van der Waals surface area contributed by atoms with Gasteiger partial charge in [-0.15, -0.1) is 0 Å². The minimum Gasteiger partial charge on any atom is -0.491 e. The summed E-state index contributed by atoms with van der Waals surface area (Å²) in [7, 11) is 0. The van der Waals surface area contributed by atoms with Crippen molar-refractivity contribution in [3.05, 3.63) is 120 Å². The number of nitrogens with two attached hydrogens (primary N) is 1. The molecule has 1 heterocycles. The van der Waals surface area contributed by atoms with E-state index >= 15 is 0 Å². The first-order chi connectivity index (χ1) is 18.2. The molecule has 0 aliphatic carbocycles. The summed E-state index contributed by atoms with van der Waals surface area (Å²) in [5.41, 5.74) is 14.2. The molecule has 188 valence electrons. The second kappa shape index (κ2) is 11.8. The number of aryl methyl sites for hydroxylation is 2. The van der Waals surface area contributed by atoms with Crippen LogP contribution in [0.1, 0.15) is 48.6 Å². The maximum absolute atomic E-state index is 6.35. The first kappa shape index (κ1) is 24.7. The number of ether oxygens (including phenoxy) is 1. The molecule has 0 aliphatic rings. The van der Waals surface area contributed by atoms with Crippen LogP contribution in [0.2, 0.25) is 0 Å². The van der Waals surface area contributed by atoms with Gasteiger partial charge in [0.15, 0.2) is 0 Å². The molecular formula is C34H35NO2. The van der Waals surface area contributed by atoms with E-state index in [1.54, 1.807) is 0 Å². The second-order valence-corrected chi connectivity index (χ2v) is 9.67. The van der Waals surface area contributed by atoms with Gasteiger partial charge in [-0.2, -0.15) is 0 Å². The molecule has 3 heteroatoms. The summed E-state index contributed by atoms with van der Waals surface area (Å²) in [6.45, 7) is 2.87. The van der Waals surface area contributed by atoms with Crippen molar-refractivity contribution in [1.82, 2.24) is 0 Å². The van der Waals surface area contributed by atoms with Crippen LogP contribution in [0.3, 0.4) is 0 Å². The van der Waals surface area contributed by atoms with Gasteiger partial charge in [0.2, 0.25) is 0 Å². The lowest BCUT2D eigenvalue weighted by Gasteiger charge is -2.11. The van der Waals surface area contributed by atoms with E-state index in [1.807, 2.05) is 24.3 Å². The summed E-state index contributed by atoms with van der Waals surface area (Å²) >= 11 is 0. The normalized spacial score (nSPS) is 11.2. The number of unbranched alkanes of at least 4 members (excludes halogenated alkanes) is 1. The standard InChI is InChI=1S/C34H35NO2/c1-2-3-14-33-30(29-13-7-8-15-32(29)37-33)23-26-16-18-27(19-17-26)28-20-21-34(31(35)24-28)36-22-9-12-25-10-5-4-6-11-25/h4-8,10-11,13,15-21,24H,2-3,9,12,14,22-23,35H2,1H3. The maximum Gasteiger partial charge on any atom is 0.142 e. The number of fused-ring (bicyclic) bond motifs is 1. The number of furan rings is 1. The van der Waals surface area contributed by atoms with Crippen LogP contribution in [-0.2, 0) is 19.3 Å². The molecule has 1 aromatic heterocycles. The van der Waals surface area contributed by atoms with Gasteiger partial charge in [0.25, 0.3) is 0 Å². The Bertz CT molecular complexity index is 1430. The summed E-state index contributed by atoms with van der Waals surface area (Å²) in [5, 5.41) is 1.23. The SMILES string of the molecule is CCCCc1oc2ccccc2c1Cc1ccc(-c2ccc(OCCCc3ccccc3)c(N)c2)cc1. The van der Waals surface area contributed by atoms with Gasteiger partial charge in [0, 0.05) is 23.8 Å². The van der Waals surface area contributed by atoms with E-state index in [2.05, 4.69) is 79.7 Å². The van der Waals surface area contributed by atoms with Crippen molar-refractivity contribution in [3.8, 4) is 16.9 Å². The van der Waals surface area contributed by atoms with Gasteiger partial charge >= 0.3 is 0 Å². The van der Waals surface area contributed by atoms with Crippen molar-refractivity contribution in [1.29, 1.82) is 0 Å². The number of hydrogen-bond donors (Lipinski definition) is 1. The zero-order valence-electron chi connectivity index (χ0n) is 21.6. The highest BCUT2D eigenvalue weighted by atomic mass is 16.5. The van der Waals surface area contributed by atoms with Crippen molar-refractivity contribution in [3.63, 3.8) is 0 Å². The molecule has 0 aliphatic heterocycles. The van der Waals surface area contributed by atoms with Crippen LogP contribution in [0.4, 0.5) is 5.69 Å². The number of rotatable bonds is 11. The molecule has 2 N–H and O–H groups in total. The molecule has 3 nitrogen and oxygen atoms in total. The van der Waals surface area contributed by atoms with Gasteiger partial charge < -0.3 is 14.9 Å². The van der Waals surface area contributed by atoms with Gasteiger partial charge in [0.05, 0.1) is 12.3 Å². The van der Waals surface area contributed by atoms with Crippen molar-refractivity contribution in [2.75, 3.05) is 12.3 Å². The number of nitrogen functional groups attached to an aromatic ring is 1. The third kappa shape index (κ3) is 6.06. The van der Waals surface area contributed by atoms with E-state index < -0.39 is 0 Å². The molecule has 0 fully saturated rings. The lowest BCUT2D eigenvalue weighted by Crippen LogP contribution is -2.02. The van der Waals surface area contributed by atoms with Crippen molar-refractivity contribution >= 4 is 16.7 Å². The third-order valence-corrected chi connectivity index (χ3v) is 6.93. The Hall–Kier alpha value is -3.98. The fraction of sp³-hybridized carbons (Fsp3) is 0.235. The molecule has 0 saturated carbocycles. The highest BCUT2D eigenvalue weighted by molar-refractivity contribution is 5.82. The highest BCUT2D eigenvalue weighted by Gasteiger charge is 2.14. The minimum atomic E-state index is 0.649. The highest BCUT2D eigenvalue weighted by Crippen LogP contribution is 2.32. The number of para-hydroxylation sites is 1. The Kier molecular flexibility index (Phi) is 7.90. The predicted octanol–water partition coefficient (Wildman–Crippen LogP) is 8.63. The molecule has 0 saturated heterocycles. The molecule has 0 unspecified atom stereocenters. The third-order valence-electron chi connectivity index (χ3n) is 6.93. The monoisotopic (exact) mass is 489 g/mol. The van der Waals surface area contributed by atoms with E-state index in [-0.39, 0.29) is 0 Å². The van der Waals surface area contributed by atoms with Gasteiger partial charge in [-0.25, -0.2) is 0 Å². The molecule has 0 spiro atoms. The Morgan fingerprint density at radius 3 is 2.27 bits per heavy atom. The van der Waals surface area contributed by atoms with Crippen LogP contribution in [-0.4, -0.2) is 6.61 Å². The molecule has 0 bridgehead atoms. The summed E-state index contributed by atoms with van der Waals surface area (Å²) in [5.74, 6) is 1.87. The fourth-order valence-electron chi connectivity index (χ4n) is 4.86. The topological polar surface area (TPSA) is 48.4 Å². The van der Waals surface area contributed by atoms with Crippen LogP contribution < -0.4 is 10.5 Å². The lowest BCUT2D eigenvalue weighted by atomic mass is 9.97. The number of anilines is 1. The molecule has 0 amide bonds. The van der Waals surface area contributed by atoms with Crippen LogP contribution in [0.25, 0.3) is 22.1 Å². The maximum atomic E-state index is 6.35. The van der Waals surface area contributed by atoms with E-state index in [9.17, 15) is 0 Å². The fourth-order valence-corrected chi connectivity index (χ4v) is 4.86. The Balaban J connectivity index is 1.24. The van der Waals surface area contributed by atoms with Crippen molar-refractivity contribution < 1.29 is 9.15 Å². The van der Waals surface area contributed by atoms with Gasteiger partial charge in [-0.1, -0.05) is 92.2 Å². The summed E-state index contributed by atoms with van der Waals surface area (Å²) in [4.78, 5) is 0. The molecule has 5 rings (SSSR count). The number of hydrogen-bond acceptors (Lipinski definition) is 3. The quantitative estimate of drug-likeness (QED) is 0.149. The van der Waals surface area contributed by atoms with E-state index in [0.29, 0.717) is 12.3 Å². The lowest BCUT2D eigenvalue weighted by molar-refractivity contribution is 0.312. The van der Waals surface area contributed by atoms with Gasteiger partial charge in [-0.05, 0) is 59.7 Å².